The second-order valence-electron chi connectivity index (χ2n) is 13.4. The summed E-state index contributed by atoms with van der Waals surface area (Å²) in [5.74, 6) is 0.687. The summed E-state index contributed by atoms with van der Waals surface area (Å²) < 4.78 is 4.39. The minimum absolute atomic E-state index is 0.124. The van der Waals surface area contributed by atoms with E-state index in [4.69, 9.17) is 12.2 Å². The van der Waals surface area contributed by atoms with Crippen molar-refractivity contribution in [2.45, 2.75) is 141 Å². The highest BCUT2D eigenvalue weighted by molar-refractivity contribution is 7.98. The average Bonchev–Trinajstić information content (AvgIpc) is 3.88. The normalized spacial score (nSPS) is 13.4. The summed E-state index contributed by atoms with van der Waals surface area (Å²) in [7, 11) is 0. The van der Waals surface area contributed by atoms with Crippen LogP contribution >= 0.6 is 24.2 Å². The van der Waals surface area contributed by atoms with Crippen LogP contribution in [0, 0.1) is 17.5 Å². The number of hydrogen-bond acceptors (Lipinski definition) is 5. The van der Waals surface area contributed by atoms with Crippen molar-refractivity contribution in [2.75, 3.05) is 13.1 Å². The number of hydrogen-bond donors (Lipinski definition) is 4. The van der Waals surface area contributed by atoms with Crippen LogP contribution in [0.2, 0.25) is 0 Å². The molecule has 0 saturated heterocycles. The van der Waals surface area contributed by atoms with E-state index in [9.17, 15) is 4.79 Å². The lowest BCUT2D eigenvalue weighted by Gasteiger charge is -2.21. The van der Waals surface area contributed by atoms with E-state index in [-0.39, 0.29) is 5.91 Å². The molecule has 0 spiro atoms. The molecule has 1 aromatic heterocycles. The predicted molar refractivity (Wildman–Crippen MR) is 204 cm³/mol. The van der Waals surface area contributed by atoms with E-state index in [1.54, 1.807) is 0 Å². The van der Waals surface area contributed by atoms with Gasteiger partial charge in [0.15, 0.2) is 0 Å². The summed E-state index contributed by atoms with van der Waals surface area (Å²) in [6, 6.07) is 6.60. The molecule has 0 bridgehead atoms. The number of pyridine rings is 1. The molecule has 1 saturated carbocycles. The van der Waals surface area contributed by atoms with Gasteiger partial charge in [0.05, 0.1) is 6.54 Å². The van der Waals surface area contributed by atoms with Crippen LogP contribution in [0.5, 0.6) is 0 Å². The number of fused-ring (bicyclic) bond motifs is 1. The molecule has 1 atom stereocenters. The minimum atomic E-state index is 0.124. The number of rotatable bonds is 27. The molecule has 5 nitrogen and oxygen atoms in total. The minimum Gasteiger partial charge on any atom is -0.387 e. The van der Waals surface area contributed by atoms with E-state index < -0.39 is 0 Å². The zero-order chi connectivity index (χ0) is 33.0. The molecule has 1 aromatic carbocycles. The number of aromatic nitrogens is 1. The molecule has 1 aliphatic carbocycles. The van der Waals surface area contributed by atoms with Gasteiger partial charge in [0.1, 0.15) is 4.64 Å². The van der Waals surface area contributed by atoms with Crippen LogP contribution in [0.15, 0.2) is 48.9 Å². The third-order valence-electron chi connectivity index (χ3n) is 9.21. The Labute approximate surface area is 289 Å². The third kappa shape index (κ3) is 15.6. The number of carbonyl (C=O) groups excluding carboxylic acids is 1. The summed E-state index contributed by atoms with van der Waals surface area (Å²) >= 11 is 7.35. The molecule has 1 unspecified atom stereocenters. The first-order chi connectivity index (χ1) is 22.4. The summed E-state index contributed by atoms with van der Waals surface area (Å²) in [6.07, 6.45) is 24.6. The molecule has 1 fully saturated rings. The molecule has 0 radical (unpaired) electrons. The van der Waals surface area contributed by atoms with Crippen molar-refractivity contribution >= 4 is 40.8 Å². The van der Waals surface area contributed by atoms with Crippen molar-refractivity contribution in [2.24, 2.45) is 5.92 Å². The Kier molecular flexibility index (Phi) is 18.6. The van der Waals surface area contributed by atoms with Gasteiger partial charge in [-0.3, -0.25) is 4.79 Å². The number of nitrogens with one attached hydrogen (secondary N) is 4. The smallest absolute Gasteiger partial charge is 0.220 e. The first-order valence-electron chi connectivity index (χ1n) is 18.3. The number of carbonyl (C=O) groups is 1. The van der Waals surface area contributed by atoms with Crippen molar-refractivity contribution in [1.29, 1.82) is 0 Å². The largest absolute Gasteiger partial charge is 0.387 e. The van der Waals surface area contributed by atoms with Gasteiger partial charge < -0.3 is 20.3 Å². The van der Waals surface area contributed by atoms with Gasteiger partial charge in [0, 0.05) is 41.2 Å². The van der Waals surface area contributed by atoms with Gasteiger partial charge in [-0.2, -0.15) is 0 Å². The van der Waals surface area contributed by atoms with Gasteiger partial charge in [0.2, 0.25) is 5.91 Å². The van der Waals surface area contributed by atoms with Crippen LogP contribution in [0.1, 0.15) is 134 Å². The summed E-state index contributed by atoms with van der Waals surface area (Å²) in [6.45, 7) is 14.4. The van der Waals surface area contributed by atoms with Crippen molar-refractivity contribution < 1.29 is 4.79 Å². The second kappa shape index (κ2) is 22.3. The maximum Gasteiger partial charge on any atom is 0.220 e. The Morgan fingerprint density at radius 3 is 2.41 bits per heavy atom. The third-order valence-corrected chi connectivity index (χ3v) is 10.7. The highest BCUT2D eigenvalue weighted by Crippen LogP contribution is 2.34. The topological polar surface area (TPSA) is 69.0 Å². The number of benzene rings is 1. The Balaban J connectivity index is 1.19. The molecule has 1 aliphatic rings. The molecule has 1 amide bonds. The highest BCUT2D eigenvalue weighted by Gasteiger charge is 2.23. The van der Waals surface area contributed by atoms with Crippen LogP contribution in [0.3, 0.4) is 0 Å². The van der Waals surface area contributed by atoms with Crippen LogP contribution in [0.25, 0.3) is 10.8 Å². The summed E-state index contributed by atoms with van der Waals surface area (Å²) in [5, 5.41) is 9.61. The summed E-state index contributed by atoms with van der Waals surface area (Å²) in [4.78, 5) is 15.5. The molecule has 7 heteroatoms. The Bertz CT molecular complexity index is 1270. The molecule has 3 rings (SSSR count). The quantitative estimate of drug-likeness (QED) is 0.0434. The van der Waals surface area contributed by atoms with Crippen LogP contribution in [0.4, 0.5) is 0 Å². The van der Waals surface area contributed by atoms with E-state index >= 15 is 0 Å². The number of aryl methyl sites for hydroxylation is 2. The molecule has 0 aliphatic heterocycles. The first-order valence-corrected chi connectivity index (χ1v) is 19.6. The lowest BCUT2D eigenvalue weighted by molar-refractivity contribution is -0.121. The first kappa shape index (κ1) is 38.2. The number of unbranched alkanes of at least 4 members (excludes halogenated alkanes) is 10. The Morgan fingerprint density at radius 2 is 1.65 bits per heavy atom. The van der Waals surface area contributed by atoms with E-state index in [2.05, 4.69) is 65.5 Å². The van der Waals surface area contributed by atoms with Crippen molar-refractivity contribution in [1.82, 2.24) is 20.3 Å². The fourth-order valence-electron chi connectivity index (χ4n) is 6.02. The predicted octanol–water partition coefficient (Wildman–Crippen LogP) is 10.8. The average molecular weight is 667 g/mol. The fourth-order valence-corrected chi connectivity index (χ4v) is 7.13. The molecule has 2 aromatic rings. The maximum absolute atomic E-state index is 12.4. The molecule has 46 heavy (non-hydrogen) atoms. The van der Waals surface area contributed by atoms with Crippen LogP contribution in [-0.4, -0.2) is 29.2 Å². The summed E-state index contributed by atoms with van der Waals surface area (Å²) in [5.41, 5.74) is 4.85. The molecule has 1 heterocycles. The monoisotopic (exact) mass is 666 g/mol. The number of amides is 1. The lowest BCUT2D eigenvalue weighted by atomic mass is 9.92. The molecular weight excluding hydrogens is 605 g/mol. The van der Waals surface area contributed by atoms with Gasteiger partial charge in [-0.15, -0.1) is 0 Å². The zero-order valence-corrected chi connectivity index (χ0v) is 30.6. The molecular formula is C39H62N4OS2. The highest BCUT2D eigenvalue weighted by atomic mass is 32.2. The van der Waals surface area contributed by atoms with E-state index in [1.807, 2.05) is 18.1 Å². The standard InChI is InChI=1S/C39H62N4OS2/c1-5-6-7-8-10-13-18-33(32(4)43-46-36-22-23-36)19-16-17-25-40-31(3)29-42-38(44)21-15-12-9-11-14-20-34-28-37-35(27-30(34)2)24-26-41-39(37)45/h24,26-28,33,36,40,43H,3-23,25,29H2,1-2H3,(H,41,45)(H,42,44). The maximum atomic E-state index is 12.4. The Morgan fingerprint density at radius 1 is 0.957 bits per heavy atom. The number of H-pyrrole nitrogens is 1. The van der Waals surface area contributed by atoms with E-state index in [0.717, 1.165) is 66.0 Å². The van der Waals surface area contributed by atoms with Crippen molar-refractivity contribution in [3.8, 4) is 0 Å². The number of allylic oxidation sites excluding steroid dienone is 1. The van der Waals surface area contributed by atoms with Gasteiger partial charge in [-0.25, -0.2) is 0 Å². The van der Waals surface area contributed by atoms with Gasteiger partial charge in [-0.1, -0.05) is 103 Å². The van der Waals surface area contributed by atoms with Crippen molar-refractivity contribution in [3.05, 3.63) is 64.7 Å². The molecule has 256 valence electrons. The van der Waals surface area contributed by atoms with E-state index in [0.29, 0.717) is 18.9 Å². The van der Waals surface area contributed by atoms with Gasteiger partial charge in [-0.05, 0) is 105 Å². The molecule has 4 N–H and O–H groups in total. The zero-order valence-electron chi connectivity index (χ0n) is 29.0. The van der Waals surface area contributed by atoms with E-state index in [1.165, 1.54) is 99.3 Å². The van der Waals surface area contributed by atoms with Gasteiger partial charge in [0.25, 0.3) is 0 Å². The Hall–Kier alpha value is -2.25. The lowest BCUT2D eigenvalue weighted by Crippen LogP contribution is -2.30. The SMILES string of the molecule is C=C(CNC(=O)CCCCCCCc1cc2c(=S)[nH]ccc2cc1C)NCCCCC(CCCCCCCC)C(=C)NSC1CC1. The van der Waals surface area contributed by atoms with Gasteiger partial charge >= 0.3 is 0 Å². The van der Waals surface area contributed by atoms with Crippen molar-refractivity contribution in [3.63, 3.8) is 0 Å². The van der Waals surface area contributed by atoms with Crippen LogP contribution in [-0.2, 0) is 11.2 Å². The fraction of sp³-hybridized carbons (Fsp3) is 0.641. The van der Waals surface area contributed by atoms with Crippen LogP contribution < -0.4 is 15.4 Å². The number of aromatic amines is 1. The second-order valence-corrected chi connectivity index (χ2v) is 15.0.